The number of hydrogen-bond acceptors (Lipinski definition) is 6. The molecule has 0 saturated carbocycles. The summed E-state index contributed by atoms with van der Waals surface area (Å²) in [6.45, 7) is 10.9. The Balaban J connectivity index is 1.91. The van der Waals surface area contributed by atoms with Gasteiger partial charge in [-0.1, -0.05) is 29.8 Å². The van der Waals surface area contributed by atoms with Crippen LogP contribution in [0.2, 0.25) is 0 Å². The lowest BCUT2D eigenvalue weighted by atomic mass is 9.85. The molecule has 27 heavy (non-hydrogen) atoms. The predicted molar refractivity (Wildman–Crippen MR) is 98.4 cm³/mol. The number of rotatable bonds is 5. The smallest absolute Gasteiger partial charge is 0.176 e. The Labute approximate surface area is 160 Å². The van der Waals surface area contributed by atoms with E-state index in [-0.39, 0.29) is 11.6 Å². The van der Waals surface area contributed by atoms with E-state index in [1.807, 2.05) is 32.9 Å². The van der Waals surface area contributed by atoms with Crippen molar-refractivity contribution in [3.63, 3.8) is 0 Å². The van der Waals surface area contributed by atoms with Gasteiger partial charge in [0.05, 0.1) is 6.61 Å². The number of hydrogen-bond donors (Lipinski definition) is 0. The van der Waals surface area contributed by atoms with Crippen molar-refractivity contribution in [1.82, 2.24) is 0 Å². The van der Waals surface area contributed by atoms with E-state index in [1.54, 1.807) is 26.0 Å². The van der Waals surface area contributed by atoms with Crippen LogP contribution >= 0.6 is 0 Å². The van der Waals surface area contributed by atoms with Crippen LogP contribution in [0.1, 0.15) is 50.5 Å². The first-order valence-corrected chi connectivity index (χ1v) is 9.28. The monoisotopic (exact) mass is 376 g/mol. The van der Waals surface area contributed by atoms with Crippen LogP contribution in [0.3, 0.4) is 0 Å². The van der Waals surface area contributed by atoms with Gasteiger partial charge in [-0.15, -0.1) is 0 Å². The average molecular weight is 376 g/mol. The highest BCUT2D eigenvalue weighted by molar-refractivity contribution is 6.10. The number of Topliss-reactive ketones (excluding diaryl/α,β-unsaturated/α-hetero) is 2. The molecule has 1 aromatic rings. The second-order valence-corrected chi connectivity index (χ2v) is 8.25. The van der Waals surface area contributed by atoms with Crippen molar-refractivity contribution in [3.8, 4) is 0 Å². The maximum Gasteiger partial charge on any atom is 0.176 e. The zero-order valence-electron chi connectivity index (χ0n) is 16.8. The van der Waals surface area contributed by atoms with Crippen molar-refractivity contribution in [2.45, 2.75) is 71.4 Å². The Morgan fingerprint density at radius 1 is 1.00 bits per heavy atom. The van der Waals surface area contributed by atoms with Crippen molar-refractivity contribution in [3.05, 3.63) is 35.4 Å². The summed E-state index contributed by atoms with van der Waals surface area (Å²) in [6, 6.07) is 7.19. The third-order valence-corrected chi connectivity index (χ3v) is 4.95. The van der Waals surface area contributed by atoms with Crippen LogP contribution in [0.4, 0.5) is 0 Å². The lowest BCUT2D eigenvalue weighted by molar-refractivity contribution is -0.175. The standard InChI is InChI=1S/C21H28O6/c1-12-7-9-14(10-8-12)17(23)16(13(2)22)19-18(26-21(5,6)27-19)15-11-24-20(3,4)25-15/h7-10,15-16,18-19H,11H2,1-6H3/t15-,16?,18+,19-/m1/s1. The fraction of sp³-hybridized carbons (Fsp3) is 0.619. The van der Waals surface area contributed by atoms with Crippen LogP contribution in [-0.2, 0) is 23.7 Å². The second kappa shape index (κ2) is 7.09. The Hall–Kier alpha value is -1.60. The molecule has 3 rings (SSSR count). The molecule has 6 nitrogen and oxygen atoms in total. The van der Waals surface area contributed by atoms with Gasteiger partial charge in [-0.05, 0) is 41.5 Å². The molecular formula is C21H28O6. The molecule has 0 aliphatic carbocycles. The summed E-state index contributed by atoms with van der Waals surface area (Å²) in [5.41, 5.74) is 1.53. The van der Waals surface area contributed by atoms with Crippen molar-refractivity contribution < 1.29 is 28.5 Å². The fourth-order valence-corrected chi connectivity index (χ4v) is 3.70. The highest BCUT2D eigenvalue weighted by Gasteiger charge is 2.54. The van der Waals surface area contributed by atoms with E-state index >= 15 is 0 Å². The van der Waals surface area contributed by atoms with Crippen LogP contribution in [-0.4, -0.2) is 48.1 Å². The Kier molecular flexibility index (Phi) is 5.29. The highest BCUT2D eigenvalue weighted by Crippen LogP contribution is 2.39. The van der Waals surface area contributed by atoms with Crippen molar-refractivity contribution >= 4 is 11.6 Å². The second-order valence-electron chi connectivity index (χ2n) is 8.25. The maximum atomic E-state index is 13.2. The van der Waals surface area contributed by atoms with E-state index < -0.39 is 35.8 Å². The average Bonchev–Trinajstić information content (AvgIpc) is 3.06. The maximum absolute atomic E-state index is 13.2. The summed E-state index contributed by atoms with van der Waals surface area (Å²) in [6.07, 6.45) is -1.74. The zero-order chi connectivity index (χ0) is 20.0. The molecule has 1 unspecified atom stereocenters. The SMILES string of the molecule is CC(=O)C(C(=O)c1ccc(C)cc1)[C@H]1OC(C)(C)O[C@H]1[C@H]1COC(C)(C)O1. The molecule has 6 heteroatoms. The molecule has 4 atom stereocenters. The predicted octanol–water partition coefficient (Wildman–Crippen LogP) is 3.05. The molecule has 0 N–H and O–H groups in total. The molecular weight excluding hydrogens is 348 g/mol. The minimum atomic E-state index is -0.966. The summed E-state index contributed by atoms with van der Waals surface area (Å²) in [7, 11) is 0. The van der Waals surface area contributed by atoms with Gasteiger partial charge in [0.2, 0.25) is 0 Å². The van der Waals surface area contributed by atoms with Crippen LogP contribution in [0, 0.1) is 12.8 Å². The molecule has 2 saturated heterocycles. The normalized spacial score (nSPS) is 30.2. The topological polar surface area (TPSA) is 71.1 Å². The van der Waals surface area contributed by atoms with Gasteiger partial charge in [0.25, 0.3) is 0 Å². The molecule has 0 spiro atoms. The summed E-state index contributed by atoms with van der Waals surface area (Å²) < 4.78 is 23.7. The van der Waals surface area contributed by atoms with Crippen LogP contribution in [0.25, 0.3) is 0 Å². The van der Waals surface area contributed by atoms with E-state index in [4.69, 9.17) is 18.9 Å². The van der Waals surface area contributed by atoms with E-state index in [0.717, 1.165) is 5.56 Å². The molecule has 148 valence electrons. The summed E-state index contributed by atoms with van der Waals surface area (Å²) in [5.74, 6) is -3.15. The number of carbonyl (C=O) groups is 2. The summed E-state index contributed by atoms with van der Waals surface area (Å²) in [4.78, 5) is 25.6. The lowest BCUT2D eigenvalue weighted by Crippen LogP contribution is -2.46. The summed E-state index contributed by atoms with van der Waals surface area (Å²) in [5, 5.41) is 0. The number of ketones is 2. The van der Waals surface area contributed by atoms with Gasteiger partial charge >= 0.3 is 0 Å². The number of ether oxygens (including phenoxy) is 4. The molecule has 2 aliphatic rings. The Morgan fingerprint density at radius 2 is 1.63 bits per heavy atom. The first kappa shape index (κ1) is 20.1. The Bertz CT molecular complexity index is 721. The van der Waals surface area contributed by atoms with Crippen molar-refractivity contribution in [1.29, 1.82) is 0 Å². The molecule has 2 heterocycles. The van der Waals surface area contributed by atoms with E-state index in [1.165, 1.54) is 6.92 Å². The molecule has 0 bridgehead atoms. The van der Waals surface area contributed by atoms with Gasteiger partial charge in [0.1, 0.15) is 30.0 Å². The number of benzene rings is 1. The molecule has 1 aromatic carbocycles. The first-order valence-electron chi connectivity index (χ1n) is 9.28. The van der Waals surface area contributed by atoms with Crippen LogP contribution in [0.15, 0.2) is 24.3 Å². The van der Waals surface area contributed by atoms with Gasteiger partial charge < -0.3 is 18.9 Å². The largest absolute Gasteiger partial charge is 0.348 e. The Morgan fingerprint density at radius 3 is 2.15 bits per heavy atom. The molecule has 2 aliphatic heterocycles. The lowest BCUT2D eigenvalue weighted by Gasteiger charge is -2.27. The number of aryl methyl sites for hydroxylation is 1. The molecule has 0 aromatic heterocycles. The third kappa shape index (κ3) is 4.29. The fourth-order valence-electron chi connectivity index (χ4n) is 3.70. The van der Waals surface area contributed by atoms with Gasteiger partial charge in [-0.3, -0.25) is 9.59 Å². The van der Waals surface area contributed by atoms with Gasteiger partial charge in [-0.2, -0.15) is 0 Å². The number of carbonyl (C=O) groups excluding carboxylic acids is 2. The van der Waals surface area contributed by atoms with Crippen molar-refractivity contribution in [2.75, 3.05) is 6.61 Å². The first-order chi connectivity index (χ1) is 12.5. The van der Waals surface area contributed by atoms with E-state index in [9.17, 15) is 9.59 Å². The minimum absolute atomic E-state index is 0.255. The van der Waals surface area contributed by atoms with Gasteiger partial charge in [0, 0.05) is 5.56 Å². The highest BCUT2D eigenvalue weighted by atomic mass is 16.8. The summed E-state index contributed by atoms with van der Waals surface area (Å²) >= 11 is 0. The molecule has 0 amide bonds. The quantitative estimate of drug-likeness (QED) is 0.581. The van der Waals surface area contributed by atoms with Crippen LogP contribution < -0.4 is 0 Å². The van der Waals surface area contributed by atoms with E-state index in [2.05, 4.69) is 0 Å². The molecule has 2 fully saturated rings. The molecule has 0 radical (unpaired) electrons. The van der Waals surface area contributed by atoms with Gasteiger partial charge in [0.15, 0.2) is 17.4 Å². The van der Waals surface area contributed by atoms with Gasteiger partial charge in [-0.25, -0.2) is 0 Å². The minimum Gasteiger partial charge on any atom is -0.348 e. The van der Waals surface area contributed by atoms with Crippen molar-refractivity contribution in [2.24, 2.45) is 5.92 Å². The zero-order valence-corrected chi connectivity index (χ0v) is 16.8. The third-order valence-electron chi connectivity index (χ3n) is 4.95. The van der Waals surface area contributed by atoms with Crippen LogP contribution in [0.5, 0.6) is 0 Å². The van der Waals surface area contributed by atoms with E-state index in [0.29, 0.717) is 12.2 Å².